The van der Waals surface area contributed by atoms with Crippen molar-refractivity contribution < 1.29 is 4.79 Å². The van der Waals surface area contributed by atoms with Gasteiger partial charge in [0.2, 0.25) is 0 Å². The number of amides is 1. The maximum atomic E-state index is 12.7. The highest BCUT2D eigenvalue weighted by Crippen LogP contribution is 2.49. The Morgan fingerprint density at radius 3 is 2.52 bits per heavy atom. The highest BCUT2D eigenvalue weighted by atomic mass is 32.2. The zero-order valence-corrected chi connectivity index (χ0v) is 18.5. The van der Waals surface area contributed by atoms with E-state index in [1.807, 2.05) is 6.07 Å². The topological polar surface area (TPSA) is 35.6 Å². The van der Waals surface area contributed by atoms with E-state index < -0.39 is 0 Å². The fourth-order valence-electron chi connectivity index (χ4n) is 4.22. The van der Waals surface area contributed by atoms with E-state index in [9.17, 15) is 4.79 Å². The van der Waals surface area contributed by atoms with Crippen LogP contribution in [-0.2, 0) is 0 Å². The molecule has 154 valence electrons. The molecule has 1 atom stereocenters. The molecule has 0 bridgehead atoms. The third-order valence-corrected chi connectivity index (χ3v) is 6.79. The van der Waals surface area contributed by atoms with Gasteiger partial charge in [0, 0.05) is 34.5 Å². The summed E-state index contributed by atoms with van der Waals surface area (Å²) in [5.41, 5.74) is 3.14. The molecule has 1 fully saturated rings. The first-order chi connectivity index (χ1) is 14.0. The zero-order chi connectivity index (χ0) is 20.4. The van der Waals surface area contributed by atoms with E-state index >= 15 is 0 Å². The van der Waals surface area contributed by atoms with E-state index in [1.165, 1.54) is 41.4 Å². The van der Waals surface area contributed by atoms with E-state index in [1.54, 1.807) is 11.8 Å². The minimum atomic E-state index is 0.0116. The van der Waals surface area contributed by atoms with Crippen LogP contribution in [0.5, 0.6) is 0 Å². The average molecular weight is 410 g/mol. The first-order valence-electron chi connectivity index (χ1n) is 10.7. The molecule has 2 aliphatic heterocycles. The first kappa shape index (κ1) is 20.3. The van der Waals surface area contributed by atoms with Crippen LogP contribution in [-0.4, -0.2) is 43.0 Å². The second-order valence-electron chi connectivity index (χ2n) is 8.58. The monoisotopic (exact) mass is 409 g/mol. The molecule has 1 saturated heterocycles. The molecule has 0 aromatic heterocycles. The number of carbonyl (C=O) groups is 1. The van der Waals surface area contributed by atoms with Gasteiger partial charge < -0.3 is 15.1 Å². The molecule has 0 saturated carbocycles. The number of para-hydroxylation sites is 1. The number of likely N-dealkylation sites (tertiary alicyclic amines) is 1. The predicted molar refractivity (Wildman–Crippen MR) is 121 cm³/mol. The molecule has 0 aliphatic carbocycles. The quantitative estimate of drug-likeness (QED) is 0.715. The van der Waals surface area contributed by atoms with Crippen LogP contribution in [0.15, 0.2) is 52.3 Å². The van der Waals surface area contributed by atoms with Gasteiger partial charge >= 0.3 is 0 Å². The highest BCUT2D eigenvalue weighted by Gasteiger charge is 2.29. The lowest BCUT2D eigenvalue weighted by Gasteiger charge is -2.39. The van der Waals surface area contributed by atoms with Gasteiger partial charge in [0.1, 0.15) is 0 Å². The summed E-state index contributed by atoms with van der Waals surface area (Å²) in [5, 5.41) is 3.05. The van der Waals surface area contributed by atoms with Crippen LogP contribution >= 0.6 is 11.8 Å². The van der Waals surface area contributed by atoms with Crippen LogP contribution in [0.2, 0.25) is 0 Å². The molecule has 29 heavy (non-hydrogen) atoms. The van der Waals surface area contributed by atoms with Crippen LogP contribution in [0.25, 0.3) is 0 Å². The van der Waals surface area contributed by atoms with Crippen LogP contribution in [0.1, 0.15) is 44.0 Å². The van der Waals surface area contributed by atoms with E-state index in [-0.39, 0.29) is 5.91 Å². The summed E-state index contributed by atoms with van der Waals surface area (Å²) in [7, 11) is 0. The molecule has 4 nitrogen and oxygen atoms in total. The molecule has 0 radical (unpaired) electrons. The molecule has 2 aliphatic rings. The normalized spacial score (nSPS) is 17.2. The molecule has 0 spiro atoms. The molecular weight excluding hydrogens is 378 g/mol. The number of hydrogen-bond donors (Lipinski definition) is 1. The van der Waals surface area contributed by atoms with E-state index in [4.69, 9.17) is 0 Å². The van der Waals surface area contributed by atoms with Gasteiger partial charge in [-0.2, -0.15) is 0 Å². The Labute approximate surface area is 178 Å². The van der Waals surface area contributed by atoms with Crippen LogP contribution in [0.4, 0.5) is 11.4 Å². The third-order valence-electron chi connectivity index (χ3n) is 5.66. The fourth-order valence-corrected chi connectivity index (χ4v) is 5.27. The summed E-state index contributed by atoms with van der Waals surface area (Å²) >= 11 is 1.80. The largest absolute Gasteiger partial charge is 0.352 e. The highest BCUT2D eigenvalue weighted by molar-refractivity contribution is 7.99. The van der Waals surface area contributed by atoms with Crippen molar-refractivity contribution in [3.8, 4) is 0 Å². The maximum absolute atomic E-state index is 12.7. The number of anilines is 2. The summed E-state index contributed by atoms with van der Waals surface area (Å²) in [4.78, 5) is 20.2. The average Bonchev–Trinajstić information content (AvgIpc) is 3.22. The van der Waals surface area contributed by atoms with Crippen molar-refractivity contribution in [2.45, 2.75) is 49.4 Å². The van der Waals surface area contributed by atoms with Gasteiger partial charge in [0.15, 0.2) is 0 Å². The molecule has 5 heteroatoms. The summed E-state index contributed by atoms with van der Waals surface area (Å²) in [6.07, 6.45) is 2.60. The Bertz CT molecular complexity index is 876. The van der Waals surface area contributed by atoms with Crippen molar-refractivity contribution in [2.75, 3.05) is 31.1 Å². The lowest BCUT2D eigenvalue weighted by molar-refractivity contribution is 0.0949. The number of nitrogens with one attached hydrogen (secondary N) is 1. The smallest absolute Gasteiger partial charge is 0.251 e. The van der Waals surface area contributed by atoms with E-state index in [0.29, 0.717) is 18.5 Å². The van der Waals surface area contributed by atoms with Gasteiger partial charge in [-0.05, 0) is 69.1 Å². The Morgan fingerprint density at radius 2 is 1.76 bits per heavy atom. The summed E-state index contributed by atoms with van der Waals surface area (Å²) in [6.45, 7) is 10.7. The Morgan fingerprint density at radius 1 is 1.03 bits per heavy atom. The Hall–Kier alpha value is -1.98. The molecular formula is C24H31N3OS. The van der Waals surface area contributed by atoms with Crippen LogP contribution in [0, 0.1) is 5.92 Å². The number of carbonyl (C=O) groups excluding carboxylic acids is 1. The molecule has 2 heterocycles. The molecule has 1 amide bonds. The van der Waals surface area contributed by atoms with Crippen molar-refractivity contribution in [3.63, 3.8) is 0 Å². The van der Waals surface area contributed by atoms with Gasteiger partial charge in [0.05, 0.1) is 11.4 Å². The summed E-state index contributed by atoms with van der Waals surface area (Å²) in [6, 6.07) is 15.1. The van der Waals surface area contributed by atoms with Crippen LogP contribution in [0.3, 0.4) is 0 Å². The second kappa shape index (κ2) is 8.80. The molecule has 1 N–H and O–H groups in total. The van der Waals surface area contributed by atoms with Gasteiger partial charge in [-0.15, -0.1) is 0 Å². The minimum absolute atomic E-state index is 0.0116. The molecule has 1 unspecified atom stereocenters. The van der Waals surface area contributed by atoms with Crippen molar-refractivity contribution >= 4 is 29.0 Å². The van der Waals surface area contributed by atoms with Gasteiger partial charge in [0.25, 0.3) is 5.91 Å². The van der Waals surface area contributed by atoms with Crippen molar-refractivity contribution in [1.29, 1.82) is 0 Å². The molecule has 2 aromatic rings. The van der Waals surface area contributed by atoms with Gasteiger partial charge in [-0.25, -0.2) is 0 Å². The van der Waals surface area contributed by atoms with Crippen LogP contribution < -0.4 is 10.2 Å². The maximum Gasteiger partial charge on any atom is 0.251 e. The summed E-state index contributed by atoms with van der Waals surface area (Å²) < 4.78 is 0. The lowest BCUT2D eigenvalue weighted by atomic mass is 10.1. The van der Waals surface area contributed by atoms with E-state index in [2.05, 4.69) is 72.3 Å². The third kappa shape index (κ3) is 4.46. The minimum Gasteiger partial charge on any atom is -0.352 e. The lowest BCUT2D eigenvalue weighted by Crippen LogP contribution is -2.40. The standard InChI is InChI=1S/C24H31N3OS/c1-17(2)15-25-24(28)19-10-11-23-21(14-19)27(18(3)16-26-12-6-7-13-26)20-8-4-5-9-22(20)29-23/h4-5,8-11,14,17-18H,6-7,12-13,15-16H2,1-3H3,(H,25,28). The van der Waals surface area contributed by atoms with Gasteiger partial charge in [-0.1, -0.05) is 37.7 Å². The molecule has 4 rings (SSSR count). The Kier molecular flexibility index (Phi) is 6.16. The predicted octanol–water partition coefficient (Wildman–Crippen LogP) is 5.16. The first-order valence-corrected chi connectivity index (χ1v) is 11.6. The zero-order valence-electron chi connectivity index (χ0n) is 17.6. The van der Waals surface area contributed by atoms with Crippen molar-refractivity contribution in [3.05, 3.63) is 48.0 Å². The molecule has 2 aromatic carbocycles. The van der Waals surface area contributed by atoms with E-state index in [0.717, 1.165) is 17.8 Å². The van der Waals surface area contributed by atoms with Gasteiger partial charge in [-0.3, -0.25) is 4.79 Å². The second-order valence-corrected chi connectivity index (χ2v) is 9.67. The SMILES string of the molecule is CC(C)CNC(=O)c1ccc2c(c1)N(C(C)CN1CCCC1)c1ccccc1S2. The number of benzene rings is 2. The van der Waals surface area contributed by atoms with Crippen molar-refractivity contribution in [1.82, 2.24) is 10.2 Å². The number of hydrogen-bond acceptors (Lipinski definition) is 4. The summed E-state index contributed by atoms with van der Waals surface area (Å²) in [5.74, 6) is 0.452. The Balaban J connectivity index is 1.66. The number of rotatable bonds is 6. The number of nitrogens with zero attached hydrogens (tertiary/aromatic N) is 2. The van der Waals surface area contributed by atoms with Crippen molar-refractivity contribution in [2.24, 2.45) is 5.92 Å². The fraction of sp³-hybridized carbons (Fsp3) is 0.458. The number of fused-ring (bicyclic) bond motifs is 2.